The van der Waals surface area contributed by atoms with Gasteiger partial charge in [0.1, 0.15) is 11.6 Å². The van der Waals surface area contributed by atoms with E-state index < -0.39 is 0 Å². The highest BCUT2D eigenvalue weighted by Gasteiger charge is 2.52. The molecule has 0 aliphatic heterocycles. The minimum Gasteiger partial charge on any atom is -0.267 e. The molecule has 5 rings (SSSR count). The van der Waals surface area contributed by atoms with E-state index in [2.05, 4.69) is 10.2 Å². The van der Waals surface area contributed by atoms with Gasteiger partial charge in [0, 0.05) is 5.41 Å². The van der Waals surface area contributed by atoms with E-state index >= 15 is 0 Å². The minimum absolute atomic E-state index is 0.143. The Morgan fingerprint density at radius 1 is 1.21 bits per heavy atom. The molecule has 4 fully saturated rings. The van der Waals surface area contributed by atoms with E-state index in [1.807, 2.05) is 6.07 Å². The lowest BCUT2D eigenvalue weighted by Crippen LogP contribution is -2.49. The van der Waals surface area contributed by atoms with Crippen LogP contribution in [0.5, 0.6) is 0 Å². The molecule has 4 bridgehead atoms. The summed E-state index contributed by atoms with van der Waals surface area (Å²) in [6.07, 6.45) is 7.74. The lowest BCUT2D eigenvalue weighted by molar-refractivity contribution is -0.00764. The average Bonchev–Trinajstić information content (AvgIpc) is 2.37. The Morgan fingerprint density at radius 3 is 2.32 bits per heavy atom. The molecule has 0 saturated heterocycles. The van der Waals surface area contributed by atoms with Crippen molar-refractivity contribution in [2.75, 3.05) is 0 Å². The normalized spacial score (nSPS) is 39.2. The van der Waals surface area contributed by atoms with E-state index in [1.54, 1.807) is 6.07 Å². The number of hydrogen-bond donors (Lipinski definition) is 1. The maximum atomic E-state index is 11.5. The molecule has 4 nitrogen and oxygen atoms in total. The van der Waals surface area contributed by atoms with Crippen LogP contribution in [0.3, 0.4) is 0 Å². The van der Waals surface area contributed by atoms with Gasteiger partial charge in [0.05, 0.1) is 5.69 Å². The molecule has 0 aromatic carbocycles. The van der Waals surface area contributed by atoms with Crippen LogP contribution in [-0.2, 0) is 5.41 Å². The quantitative estimate of drug-likeness (QED) is 0.835. The first kappa shape index (κ1) is 11.2. The second-order valence-electron chi connectivity index (χ2n) is 6.81. The number of hydrogen-bond acceptors (Lipinski definition) is 3. The molecule has 4 aliphatic carbocycles. The monoisotopic (exact) mass is 255 g/mol. The number of aromatic nitrogens is 2. The van der Waals surface area contributed by atoms with Crippen LogP contribution < -0.4 is 5.56 Å². The molecule has 4 aliphatic rings. The van der Waals surface area contributed by atoms with Crippen LogP contribution in [0.4, 0.5) is 0 Å². The number of nitriles is 1. The Morgan fingerprint density at radius 2 is 1.79 bits per heavy atom. The van der Waals surface area contributed by atoms with Crippen LogP contribution in [0.2, 0.25) is 0 Å². The van der Waals surface area contributed by atoms with Gasteiger partial charge >= 0.3 is 0 Å². The second-order valence-corrected chi connectivity index (χ2v) is 6.81. The predicted octanol–water partition coefficient (Wildman–Crippen LogP) is 2.11. The summed E-state index contributed by atoms with van der Waals surface area (Å²) in [6.45, 7) is 0. The van der Waals surface area contributed by atoms with Crippen LogP contribution in [0.1, 0.15) is 49.8 Å². The van der Waals surface area contributed by atoms with Crippen molar-refractivity contribution in [3.8, 4) is 6.07 Å². The van der Waals surface area contributed by atoms with Crippen molar-refractivity contribution in [3.05, 3.63) is 27.7 Å². The highest BCUT2D eigenvalue weighted by molar-refractivity contribution is 5.31. The minimum atomic E-state index is -0.365. The molecule has 0 atom stereocenters. The van der Waals surface area contributed by atoms with Gasteiger partial charge in [-0.3, -0.25) is 4.79 Å². The topological polar surface area (TPSA) is 69.5 Å². The van der Waals surface area contributed by atoms with E-state index in [4.69, 9.17) is 5.26 Å². The predicted molar refractivity (Wildman–Crippen MR) is 69.4 cm³/mol. The van der Waals surface area contributed by atoms with Gasteiger partial charge < -0.3 is 0 Å². The molecule has 0 amide bonds. The first-order valence-corrected chi connectivity index (χ1v) is 7.19. The fourth-order valence-electron chi connectivity index (χ4n) is 5.18. The Hall–Kier alpha value is -1.63. The Labute approximate surface area is 111 Å². The number of nitrogens with one attached hydrogen (secondary N) is 1. The first-order chi connectivity index (χ1) is 9.18. The fraction of sp³-hybridized carbons (Fsp3) is 0.667. The van der Waals surface area contributed by atoms with Gasteiger partial charge in [-0.25, -0.2) is 5.10 Å². The van der Waals surface area contributed by atoms with Crippen molar-refractivity contribution in [1.29, 1.82) is 5.26 Å². The molecule has 1 aromatic heterocycles. The highest BCUT2D eigenvalue weighted by Crippen LogP contribution is 2.60. The molecule has 0 radical (unpaired) electrons. The van der Waals surface area contributed by atoms with E-state index in [9.17, 15) is 4.79 Å². The molecule has 0 unspecified atom stereocenters. The van der Waals surface area contributed by atoms with Crippen molar-refractivity contribution in [2.45, 2.75) is 43.9 Å². The van der Waals surface area contributed by atoms with Crippen LogP contribution in [0.15, 0.2) is 10.9 Å². The largest absolute Gasteiger partial charge is 0.282 e. The van der Waals surface area contributed by atoms with Crippen molar-refractivity contribution >= 4 is 0 Å². The van der Waals surface area contributed by atoms with Crippen LogP contribution in [0, 0.1) is 29.1 Å². The zero-order chi connectivity index (χ0) is 13.0. The van der Waals surface area contributed by atoms with Gasteiger partial charge in [-0.05, 0) is 62.3 Å². The lowest BCUT2D eigenvalue weighted by atomic mass is 9.49. The van der Waals surface area contributed by atoms with Gasteiger partial charge in [0.25, 0.3) is 5.56 Å². The fourth-order valence-corrected chi connectivity index (χ4v) is 5.18. The molecule has 1 aromatic rings. The van der Waals surface area contributed by atoms with E-state index in [0.717, 1.165) is 23.4 Å². The number of rotatable bonds is 1. The van der Waals surface area contributed by atoms with Crippen LogP contribution in [-0.4, -0.2) is 10.2 Å². The number of H-pyrrole nitrogens is 1. The van der Waals surface area contributed by atoms with Crippen LogP contribution in [0.25, 0.3) is 0 Å². The molecule has 4 heteroatoms. The third-order valence-electron chi connectivity index (χ3n) is 5.51. The standard InChI is InChI=1S/C15H17N3O/c16-8-12-4-13(17-18-14(12)19)15-5-9-1-10(6-15)3-11(2-9)7-15/h4,9-11H,1-3,5-7H2,(H,18,19). The summed E-state index contributed by atoms with van der Waals surface area (Å²) in [5.41, 5.74) is 0.948. The van der Waals surface area contributed by atoms with Gasteiger partial charge in [0.15, 0.2) is 0 Å². The third kappa shape index (κ3) is 1.57. The Kier molecular flexibility index (Phi) is 2.18. The molecule has 4 saturated carbocycles. The molecule has 0 spiro atoms. The van der Waals surface area contributed by atoms with Gasteiger partial charge in [-0.2, -0.15) is 10.4 Å². The van der Waals surface area contributed by atoms with Crippen molar-refractivity contribution in [1.82, 2.24) is 10.2 Å². The first-order valence-electron chi connectivity index (χ1n) is 7.19. The summed E-state index contributed by atoms with van der Waals surface area (Å²) in [5.74, 6) is 2.52. The van der Waals surface area contributed by atoms with Crippen molar-refractivity contribution in [2.24, 2.45) is 17.8 Å². The molecule has 1 heterocycles. The lowest BCUT2D eigenvalue weighted by Gasteiger charge is -2.56. The number of nitrogens with zero attached hydrogens (tertiary/aromatic N) is 2. The number of aromatic amines is 1. The van der Waals surface area contributed by atoms with E-state index in [0.29, 0.717) is 0 Å². The molecule has 98 valence electrons. The maximum Gasteiger partial charge on any atom is 0.282 e. The van der Waals surface area contributed by atoms with E-state index in [1.165, 1.54) is 38.5 Å². The summed E-state index contributed by atoms with van der Waals surface area (Å²) in [4.78, 5) is 11.5. The van der Waals surface area contributed by atoms with Crippen molar-refractivity contribution in [3.63, 3.8) is 0 Å². The zero-order valence-electron chi connectivity index (χ0n) is 10.9. The molecular weight excluding hydrogens is 238 g/mol. The van der Waals surface area contributed by atoms with Gasteiger partial charge in [-0.1, -0.05) is 0 Å². The second kappa shape index (κ2) is 3.69. The molecule has 1 N–H and O–H groups in total. The third-order valence-corrected chi connectivity index (χ3v) is 5.51. The van der Waals surface area contributed by atoms with Crippen LogP contribution >= 0.6 is 0 Å². The summed E-state index contributed by atoms with van der Waals surface area (Å²) in [6, 6.07) is 3.73. The van der Waals surface area contributed by atoms with E-state index in [-0.39, 0.29) is 16.5 Å². The SMILES string of the molecule is N#Cc1cc(C23CC4CC(CC(C4)C2)C3)n[nH]c1=O. The average molecular weight is 255 g/mol. The van der Waals surface area contributed by atoms with Gasteiger partial charge in [-0.15, -0.1) is 0 Å². The molecular formula is C15H17N3O. The van der Waals surface area contributed by atoms with Crippen molar-refractivity contribution < 1.29 is 0 Å². The Balaban J connectivity index is 1.80. The highest BCUT2D eigenvalue weighted by atomic mass is 16.1. The van der Waals surface area contributed by atoms with Gasteiger partial charge in [0.2, 0.25) is 0 Å². The summed E-state index contributed by atoms with van der Waals surface area (Å²) >= 11 is 0. The zero-order valence-corrected chi connectivity index (χ0v) is 10.9. The molecule has 19 heavy (non-hydrogen) atoms. The summed E-state index contributed by atoms with van der Waals surface area (Å²) in [7, 11) is 0. The smallest absolute Gasteiger partial charge is 0.267 e. The maximum absolute atomic E-state index is 11.5. The summed E-state index contributed by atoms with van der Waals surface area (Å²) < 4.78 is 0. The summed E-state index contributed by atoms with van der Waals surface area (Å²) in [5, 5.41) is 15.8. The Bertz CT molecular complexity index is 590.